The van der Waals surface area contributed by atoms with Crippen LogP contribution < -0.4 is 5.32 Å². The smallest absolute Gasteiger partial charge is 0.305 e. The number of nitrogens with one attached hydrogen (secondary N) is 1. The number of hydrogen-bond donors (Lipinski definition) is 1. The van der Waals surface area contributed by atoms with Crippen molar-refractivity contribution in [1.82, 2.24) is 0 Å². The Balaban J connectivity index is 2.59. The molecule has 17 heavy (non-hydrogen) atoms. The first kappa shape index (κ1) is 13.5. The predicted octanol–water partition coefficient (Wildman–Crippen LogP) is 1.97. The van der Waals surface area contributed by atoms with Crippen LogP contribution in [0.15, 0.2) is 24.3 Å². The molecule has 0 heterocycles. The van der Waals surface area contributed by atoms with E-state index in [2.05, 4.69) is 10.1 Å². The molecule has 0 saturated carbocycles. The zero-order chi connectivity index (χ0) is 12.7. The molecule has 0 aliphatic heterocycles. The van der Waals surface area contributed by atoms with Gasteiger partial charge in [0.05, 0.1) is 7.11 Å². The molecule has 0 aliphatic carbocycles. The minimum Gasteiger partial charge on any atom is -0.469 e. The maximum absolute atomic E-state index is 11.1. The SMILES string of the molecule is COC(=O)CCc1cccc(NC(=O)CCl)c1. The molecule has 1 amide bonds. The topological polar surface area (TPSA) is 55.4 Å². The Hall–Kier alpha value is -1.55. The maximum Gasteiger partial charge on any atom is 0.305 e. The second-order valence-electron chi connectivity index (χ2n) is 3.46. The lowest BCUT2D eigenvalue weighted by Crippen LogP contribution is -2.12. The van der Waals surface area contributed by atoms with E-state index in [0.29, 0.717) is 18.5 Å². The maximum atomic E-state index is 11.1. The number of aryl methyl sites for hydroxylation is 1. The fourth-order valence-electron chi connectivity index (χ4n) is 1.35. The molecule has 0 saturated heterocycles. The summed E-state index contributed by atoms with van der Waals surface area (Å²) < 4.78 is 4.56. The van der Waals surface area contributed by atoms with Crippen LogP contribution in [0, 0.1) is 0 Å². The summed E-state index contributed by atoms with van der Waals surface area (Å²) in [5, 5.41) is 2.65. The Morgan fingerprint density at radius 2 is 2.18 bits per heavy atom. The van der Waals surface area contributed by atoms with Gasteiger partial charge < -0.3 is 10.1 Å². The minimum absolute atomic E-state index is 0.0770. The molecule has 0 spiro atoms. The van der Waals surface area contributed by atoms with Gasteiger partial charge in [0.25, 0.3) is 0 Å². The van der Waals surface area contributed by atoms with Crippen LogP contribution in [0.25, 0.3) is 0 Å². The fraction of sp³-hybridized carbons (Fsp3) is 0.333. The number of esters is 1. The summed E-state index contributed by atoms with van der Waals surface area (Å²) in [5.41, 5.74) is 1.64. The Morgan fingerprint density at radius 3 is 2.82 bits per heavy atom. The number of anilines is 1. The standard InChI is InChI=1S/C12H14ClNO3/c1-17-12(16)6-5-9-3-2-4-10(7-9)14-11(15)8-13/h2-4,7H,5-6,8H2,1H3,(H,14,15). The van der Waals surface area contributed by atoms with E-state index < -0.39 is 0 Å². The molecule has 1 aromatic rings. The van der Waals surface area contributed by atoms with Crippen LogP contribution in [0.4, 0.5) is 5.69 Å². The number of hydrogen-bond acceptors (Lipinski definition) is 3. The van der Waals surface area contributed by atoms with Gasteiger partial charge in [-0.1, -0.05) is 12.1 Å². The van der Waals surface area contributed by atoms with Crippen LogP contribution in [0.3, 0.4) is 0 Å². The summed E-state index contributed by atoms with van der Waals surface area (Å²) in [4.78, 5) is 22.1. The van der Waals surface area contributed by atoms with E-state index in [1.807, 2.05) is 18.2 Å². The zero-order valence-corrected chi connectivity index (χ0v) is 10.3. The average molecular weight is 256 g/mol. The number of carbonyl (C=O) groups excluding carboxylic acids is 2. The van der Waals surface area contributed by atoms with Crippen molar-refractivity contribution in [2.24, 2.45) is 0 Å². The molecule has 0 bridgehead atoms. The largest absolute Gasteiger partial charge is 0.469 e. The summed E-state index contributed by atoms with van der Waals surface area (Å²) in [6, 6.07) is 7.29. The van der Waals surface area contributed by atoms with Crippen LogP contribution in [0.5, 0.6) is 0 Å². The van der Waals surface area contributed by atoms with Crippen molar-refractivity contribution < 1.29 is 14.3 Å². The number of benzene rings is 1. The third-order valence-electron chi connectivity index (χ3n) is 2.18. The number of ether oxygens (including phenoxy) is 1. The number of amides is 1. The highest BCUT2D eigenvalue weighted by Gasteiger charge is 2.03. The Bertz CT molecular complexity index is 406. The highest BCUT2D eigenvalue weighted by Crippen LogP contribution is 2.12. The van der Waals surface area contributed by atoms with Gasteiger partial charge in [-0.25, -0.2) is 0 Å². The molecule has 0 radical (unpaired) electrons. The quantitative estimate of drug-likeness (QED) is 0.647. The Morgan fingerprint density at radius 1 is 1.41 bits per heavy atom. The van der Waals surface area contributed by atoms with Crippen molar-refractivity contribution in [2.45, 2.75) is 12.8 Å². The summed E-state index contributed by atoms with van der Waals surface area (Å²) >= 11 is 5.39. The summed E-state index contributed by atoms with van der Waals surface area (Å²) in [5.74, 6) is -0.580. The van der Waals surface area contributed by atoms with Gasteiger partial charge in [0, 0.05) is 12.1 Å². The monoisotopic (exact) mass is 255 g/mol. The van der Waals surface area contributed by atoms with Gasteiger partial charge in [-0.2, -0.15) is 0 Å². The van der Waals surface area contributed by atoms with Gasteiger partial charge in [0.15, 0.2) is 0 Å². The second-order valence-corrected chi connectivity index (χ2v) is 3.73. The van der Waals surface area contributed by atoms with Gasteiger partial charge in [-0.3, -0.25) is 9.59 Å². The molecule has 0 aliphatic rings. The van der Waals surface area contributed by atoms with E-state index in [-0.39, 0.29) is 17.8 Å². The van der Waals surface area contributed by atoms with E-state index in [4.69, 9.17) is 11.6 Å². The van der Waals surface area contributed by atoms with Crippen molar-refractivity contribution >= 4 is 29.2 Å². The van der Waals surface area contributed by atoms with Crippen LogP contribution in [0.1, 0.15) is 12.0 Å². The Kier molecular flexibility index (Phi) is 5.49. The lowest BCUT2D eigenvalue weighted by molar-refractivity contribution is -0.140. The number of halogens is 1. The van der Waals surface area contributed by atoms with E-state index in [9.17, 15) is 9.59 Å². The normalized spacial score (nSPS) is 9.76. The molecule has 0 fully saturated rings. The van der Waals surface area contributed by atoms with Gasteiger partial charge >= 0.3 is 5.97 Å². The molecular formula is C12H14ClNO3. The Labute approximate surface area is 105 Å². The van der Waals surface area contributed by atoms with E-state index in [0.717, 1.165) is 5.56 Å². The first-order valence-electron chi connectivity index (χ1n) is 5.17. The van der Waals surface area contributed by atoms with Gasteiger partial charge in [-0.15, -0.1) is 11.6 Å². The highest BCUT2D eigenvalue weighted by atomic mass is 35.5. The van der Waals surface area contributed by atoms with Crippen molar-refractivity contribution in [3.05, 3.63) is 29.8 Å². The molecule has 1 N–H and O–H groups in total. The fourth-order valence-corrected chi connectivity index (χ4v) is 1.41. The molecule has 0 aromatic heterocycles. The first-order chi connectivity index (χ1) is 8.15. The van der Waals surface area contributed by atoms with Crippen molar-refractivity contribution in [1.29, 1.82) is 0 Å². The minimum atomic E-state index is -0.253. The third kappa shape index (κ3) is 4.87. The zero-order valence-electron chi connectivity index (χ0n) is 9.53. The first-order valence-corrected chi connectivity index (χ1v) is 5.70. The van der Waals surface area contributed by atoms with Crippen molar-refractivity contribution in [3.63, 3.8) is 0 Å². The van der Waals surface area contributed by atoms with E-state index in [1.165, 1.54) is 7.11 Å². The van der Waals surface area contributed by atoms with Crippen LogP contribution in [-0.2, 0) is 20.7 Å². The van der Waals surface area contributed by atoms with E-state index in [1.54, 1.807) is 6.07 Å². The van der Waals surface area contributed by atoms with Gasteiger partial charge in [0.1, 0.15) is 5.88 Å². The van der Waals surface area contributed by atoms with Crippen LogP contribution >= 0.6 is 11.6 Å². The third-order valence-corrected chi connectivity index (χ3v) is 2.42. The summed E-state index contributed by atoms with van der Waals surface area (Å²) in [7, 11) is 1.36. The lowest BCUT2D eigenvalue weighted by Gasteiger charge is -2.05. The van der Waals surface area contributed by atoms with Crippen LogP contribution in [0.2, 0.25) is 0 Å². The molecule has 1 rings (SSSR count). The molecule has 0 unspecified atom stereocenters. The number of rotatable bonds is 5. The van der Waals surface area contributed by atoms with Gasteiger partial charge in [0.2, 0.25) is 5.91 Å². The summed E-state index contributed by atoms with van der Waals surface area (Å²) in [6.07, 6.45) is 0.903. The van der Waals surface area contributed by atoms with E-state index >= 15 is 0 Å². The second kappa shape index (κ2) is 6.91. The number of methoxy groups -OCH3 is 1. The molecule has 1 aromatic carbocycles. The number of alkyl halides is 1. The lowest BCUT2D eigenvalue weighted by atomic mass is 10.1. The molecular weight excluding hydrogens is 242 g/mol. The van der Waals surface area contributed by atoms with Crippen LogP contribution in [-0.4, -0.2) is 24.9 Å². The van der Waals surface area contributed by atoms with Gasteiger partial charge in [-0.05, 0) is 24.1 Å². The number of carbonyl (C=O) groups is 2. The van der Waals surface area contributed by atoms with Crippen molar-refractivity contribution in [3.8, 4) is 0 Å². The van der Waals surface area contributed by atoms with Crippen molar-refractivity contribution in [2.75, 3.05) is 18.3 Å². The summed E-state index contributed by atoms with van der Waals surface area (Å²) in [6.45, 7) is 0. The highest BCUT2D eigenvalue weighted by molar-refractivity contribution is 6.29. The molecule has 4 nitrogen and oxygen atoms in total. The average Bonchev–Trinajstić information content (AvgIpc) is 2.36. The molecule has 92 valence electrons. The molecule has 0 atom stereocenters. The predicted molar refractivity (Wildman–Crippen MR) is 66.1 cm³/mol. The molecule has 5 heteroatoms.